The van der Waals surface area contributed by atoms with Crippen molar-refractivity contribution in [3.8, 4) is 5.75 Å². The average Bonchev–Trinajstić information content (AvgIpc) is 3.25. The SMILES string of the molecule is O=C(O)c1cccc([C@@H]2CO2)c1.Oc1ccccc1. The maximum absolute atomic E-state index is 10.6. The van der Waals surface area contributed by atoms with Crippen LogP contribution in [0.4, 0.5) is 0 Å². The summed E-state index contributed by atoms with van der Waals surface area (Å²) in [6.07, 6.45) is 0.129. The number of aromatic carboxylic acids is 1. The highest BCUT2D eigenvalue weighted by Gasteiger charge is 2.25. The number of phenolic OH excluding ortho intramolecular Hbond substituents is 1. The average molecular weight is 258 g/mol. The van der Waals surface area contributed by atoms with Gasteiger partial charge in [-0.2, -0.15) is 0 Å². The second-order valence-electron chi connectivity index (χ2n) is 4.09. The van der Waals surface area contributed by atoms with Crippen molar-refractivity contribution in [1.82, 2.24) is 0 Å². The van der Waals surface area contributed by atoms with Crippen molar-refractivity contribution in [2.24, 2.45) is 0 Å². The van der Waals surface area contributed by atoms with Crippen molar-refractivity contribution in [3.05, 3.63) is 65.7 Å². The number of carboxylic acids is 1. The second-order valence-corrected chi connectivity index (χ2v) is 4.09. The van der Waals surface area contributed by atoms with Crippen molar-refractivity contribution >= 4 is 5.97 Å². The van der Waals surface area contributed by atoms with Gasteiger partial charge in [-0.3, -0.25) is 0 Å². The summed E-state index contributed by atoms with van der Waals surface area (Å²) in [6, 6.07) is 15.6. The summed E-state index contributed by atoms with van der Waals surface area (Å²) in [5, 5.41) is 17.3. The summed E-state index contributed by atoms with van der Waals surface area (Å²) in [4.78, 5) is 10.6. The molecule has 4 heteroatoms. The summed E-state index contributed by atoms with van der Waals surface area (Å²) in [7, 11) is 0. The van der Waals surface area contributed by atoms with Gasteiger partial charge in [0.2, 0.25) is 0 Å². The van der Waals surface area contributed by atoms with Crippen LogP contribution in [0, 0.1) is 0 Å². The number of hydrogen-bond donors (Lipinski definition) is 2. The summed E-state index contributed by atoms with van der Waals surface area (Å²) in [6.45, 7) is 0.711. The third kappa shape index (κ3) is 4.12. The summed E-state index contributed by atoms with van der Waals surface area (Å²) in [5.41, 5.74) is 1.28. The number of hydrogen-bond acceptors (Lipinski definition) is 3. The molecule has 0 aromatic heterocycles. The van der Waals surface area contributed by atoms with Gasteiger partial charge in [-0.05, 0) is 29.8 Å². The molecule has 19 heavy (non-hydrogen) atoms. The van der Waals surface area contributed by atoms with Crippen molar-refractivity contribution in [1.29, 1.82) is 0 Å². The predicted octanol–water partition coefficient (Wildman–Crippen LogP) is 2.85. The maximum Gasteiger partial charge on any atom is 0.335 e. The summed E-state index contributed by atoms with van der Waals surface area (Å²) < 4.78 is 5.04. The third-order valence-electron chi connectivity index (χ3n) is 2.59. The van der Waals surface area contributed by atoms with Crippen molar-refractivity contribution < 1.29 is 19.7 Å². The number of ether oxygens (including phenoxy) is 1. The molecule has 1 fully saturated rings. The van der Waals surface area contributed by atoms with E-state index in [4.69, 9.17) is 14.9 Å². The van der Waals surface area contributed by atoms with Gasteiger partial charge in [0.25, 0.3) is 0 Å². The molecule has 4 nitrogen and oxygen atoms in total. The standard InChI is InChI=1S/C9H8O3.C6H6O/c10-9(11)7-3-1-2-6(4-7)8-5-12-8;7-6-4-2-1-3-5-6/h1-4,8H,5H2,(H,10,11);1-5,7H/t8-;/m0./s1. The van der Waals surface area contributed by atoms with E-state index in [0.29, 0.717) is 17.9 Å². The zero-order valence-electron chi connectivity index (χ0n) is 10.2. The number of carboxylic acid groups (broad SMARTS) is 1. The van der Waals surface area contributed by atoms with Crippen LogP contribution in [0.15, 0.2) is 54.6 Å². The van der Waals surface area contributed by atoms with Crippen molar-refractivity contribution in [2.75, 3.05) is 6.61 Å². The Morgan fingerprint density at radius 3 is 2.26 bits per heavy atom. The van der Waals surface area contributed by atoms with Crippen LogP contribution in [0.5, 0.6) is 5.75 Å². The van der Waals surface area contributed by atoms with Crippen LogP contribution < -0.4 is 0 Å². The molecule has 2 N–H and O–H groups in total. The molecule has 0 saturated carbocycles. The number of epoxide rings is 1. The van der Waals surface area contributed by atoms with E-state index in [1.165, 1.54) is 0 Å². The molecule has 98 valence electrons. The monoisotopic (exact) mass is 258 g/mol. The van der Waals surface area contributed by atoms with Crippen LogP contribution in [0.2, 0.25) is 0 Å². The highest BCUT2D eigenvalue weighted by Crippen LogP contribution is 2.29. The van der Waals surface area contributed by atoms with E-state index in [1.807, 2.05) is 12.1 Å². The highest BCUT2D eigenvalue weighted by molar-refractivity contribution is 5.87. The maximum atomic E-state index is 10.6. The molecule has 3 rings (SSSR count). The quantitative estimate of drug-likeness (QED) is 0.812. The highest BCUT2D eigenvalue weighted by atomic mass is 16.6. The molecule has 1 aliphatic rings. The molecule has 1 saturated heterocycles. The van der Waals surface area contributed by atoms with Gasteiger partial charge in [0.1, 0.15) is 11.9 Å². The molecule has 1 aliphatic heterocycles. The molecule has 1 atom stereocenters. The fourth-order valence-corrected chi connectivity index (χ4v) is 1.54. The molecule has 0 aliphatic carbocycles. The normalized spacial score (nSPS) is 16.1. The minimum atomic E-state index is -0.891. The Balaban J connectivity index is 0.000000163. The zero-order chi connectivity index (χ0) is 13.7. The molecule has 0 unspecified atom stereocenters. The van der Waals surface area contributed by atoms with Gasteiger partial charge >= 0.3 is 5.97 Å². The first-order valence-electron chi connectivity index (χ1n) is 5.85. The van der Waals surface area contributed by atoms with E-state index < -0.39 is 5.97 Å². The Morgan fingerprint density at radius 1 is 1.11 bits per heavy atom. The van der Waals surface area contributed by atoms with Crippen LogP contribution in [0.1, 0.15) is 22.0 Å². The number of benzene rings is 2. The topological polar surface area (TPSA) is 70.1 Å². The fourth-order valence-electron chi connectivity index (χ4n) is 1.54. The molecular weight excluding hydrogens is 244 g/mol. The third-order valence-corrected chi connectivity index (χ3v) is 2.59. The van der Waals surface area contributed by atoms with Gasteiger partial charge in [-0.15, -0.1) is 0 Å². The summed E-state index contributed by atoms with van der Waals surface area (Å²) >= 11 is 0. The first-order chi connectivity index (χ1) is 9.16. The molecular formula is C15H14O4. The van der Waals surface area contributed by atoms with Crippen LogP contribution in [-0.4, -0.2) is 22.8 Å². The Labute approximate surface area is 110 Å². The largest absolute Gasteiger partial charge is 0.508 e. The van der Waals surface area contributed by atoms with Crippen LogP contribution >= 0.6 is 0 Å². The van der Waals surface area contributed by atoms with Gasteiger partial charge < -0.3 is 14.9 Å². The molecule has 2 aromatic carbocycles. The smallest absolute Gasteiger partial charge is 0.335 e. The lowest BCUT2D eigenvalue weighted by Gasteiger charge is -1.96. The number of carbonyl (C=O) groups is 1. The second kappa shape index (κ2) is 6.02. The van der Waals surface area contributed by atoms with E-state index in [-0.39, 0.29) is 6.10 Å². The lowest BCUT2D eigenvalue weighted by atomic mass is 10.1. The number of aromatic hydroxyl groups is 1. The lowest BCUT2D eigenvalue weighted by molar-refractivity contribution is 0.0696. The van der Waals surface area contributed by atoms with Gasteiger partial charge in [0.15, 0.2) is 0 Å². The van der Waals surface area contributed by atoms with Crippen LogP contribution in [-0.2, 0) is 4.74 Å². The molecule has 0 amide bonds. The lowest BCUT2D eigenvalue weighted by Crippen LogP contribution is -1.96. The first-order valence-corrected chi connectivity index (χ1v) is 5.85. The van der Waals surface area contributed by atoms with E-state index in [2.05, 4.69) is 0 Å². The molecule has 2 aromatic rings. The van der Waals surface area contributed by atoms with E-state index >= 15 is 0 Å². The van der Waals surface area contributed by atoms with Gasteiger partial charge in [0, 0.05) is 0 Å². The Morgan fingerprint density at radius 2 is 1.79 bits per heavy atom. The van der Waals surface area contributed by atoms with Crippen molar-refractivity contribution in [2.45, 2.75) is 6.10 Å². The number of para-hydroxylation sites is 1. The van der Waals surface area contributed by atoms with E-state index in [0.717, 1.165) is 5.56 Å². The summed E-state index contributed by atoms with van der Waals surface area (Å²) in [5.74, 6) is -0.569. The first kappa shape index (κ1) is 13.1. The Kier molecular flexibility index (Phi) is 4.15. The molecule has 1 heterocycles. The fraction of sp³-hybridized carbons (Fsp3) is 0.133. The molecule has 0 radical (unpaired) electrons. The molecule has 0 bridgehead atoms. The van der Waals surface area contributed by atoms with Gasteiger partial charge in [-0.25, -0.2) is 4.79 Å². The zero-order valence-corrected chi connectivity index (χ0v) is 10.2. The number of phenols is 1. The number of rotatable bonds is 2. The minimum absolute atomic E-state index is 0.129. The van der Waals surface area contributed by atoms with Crippen LogP contribution in [0.25, 0.3) is 0 Å². The Hall–Kier alpha value is -2.33. The predicted molar refractivity (Wildman–Crippen MR) is 70.2 cm³/mol. The van der Waals surface area contributed by atoms with Gasteiger partial charge in [-0.1, -0.05) is 30.3 Å². The van der Waals surface area contributed by atoms with E-state index in [1.54, 1.807) is 42.5 Å². The van der Waals surface area contributed by atoms with Crippen LogP contribution in [0.3, 0.4) is 0 Å². The van der Waals surface area contributed by atoms with E-state index in [9.17, 15) is 4.79 Å². The minimum Gasteiger partial charge on any atom is -0.508 e. The Bertz CT molecular complexity index is 547. The van der Waals surface area contributed by atoms with Gasteiger partial charge in [0.05, 0.1) is 12.2 Å². The molecule has 0 spiro atoms. The van der Waals surface area contributed by atoms with Crippen molar-refractivity contribution in [3.63, 3.8) is 0 Å².